The van der Waals surface area contributed by atoms with Crippen LogP contribution in [0.25, 0.3) is 0 Å². The minimum absolute atomic E-state index is 0.0523. The zero-order valence-corrected chi connectivity index (χ0v) is 14.1. The van der Waals surface area contributed by atoms with Gasteiger partial charge in [0, 0.05) is 32.1 Å². The minimum Gasteiger partial charge on any atom is -0.374 e. The van der Waals surface area contributed by atoms with Gasteiger partial charge in [-0.3, -0.25) is 9.58 Å². The van der Waals surface area contributed by atoms with Gasteiger partial charge < -0.3 is 10.5 Å². The largest absolute Gasteiger partial charge is 0.374 e. The molecule has 1 saturated heterocycles. The second-order valence-corrected chi connectivity index (χ2v) is 5.93. The minimum atomic E-state index is -0.0523. The van der Waals surface area contributed by atoms with Gasteiger partial charge in [-0.15, -0.1) is 0 Å². The van der Waals surface area contributed by atoms with Crippen molar-refractivity contribution in [3.05, 3.63) is 16.4 Å². The SMILES string of the molecule is CCc1nn(CC)c(CC(N)C2CN(CC)CCO2)c1Cl. The Kier molecular flexibility index (Phi) is 6.05. The Labute approximate surface area is 132 Å². The maximum absolute atomic E-state index is 6.46. The van der Waals surface area contributed by atoms with Gasteiger partial charge in [0.2, 0.25) is 0 Å². The van der Waals surface area contributed by atoms with Crippen LogP contribution in [0.3, 0.4) is 0 Å². The molecule has 5 nitrogen and oxygen atoms in total. The lowest BCUT2D eigenvalue weighted by molar-refractivity contribution is -0.0387. The molecule has 0 saturated carbocycles. The standard InChI is InChI=1S/C15H27ClN4O/c1-4-12-15(16)13(20(6-3)18-12)9-11(17)14-10-19(5-2)7-8-21-14/h11,14H,4-10,17H2,1-3H3. The Morgan fingerprint density at radius 3 is 2.76 bits per heavy atom. The molecule has 0 radical (unpaired) electrons. The molecule has 0 amide bonds. The van der Waals surface area contributed by atoms with E-state index < -0.39 is 0 Å². The molecule has 0 aromatic carbocycles. The van der Waals surface area contributed by atoms with Gasteiger partial charge in [-0.1, -0.05) is 25.4 Å². The molecule has 21 heavy (non-hydrogen) atoms. The van der Waals surface area contributed by atoms with Crippen LogP contribution in [-0.4, -0.2) is 53.1 Å². The summed E-state index contributed by atoms with van der Waals surface area (Å²) in [6.45, 7) is 10.8. The van der Waals surface area contributed by atoms with E-state index in [9.17, 15) is 0 Å². The topological polar surface area (TPSA) is 56.3 Å². The van der Waals surface area contributed by atoms with Crippen molar-refractivity contribution in [3.8, 4) is 0 Å². The van der Waals surface area contributed by atoms with E-state index in [2.05, 4.69) is 30.8 Å². The third-order valence-electron chi connectivity index (χ3n) is 4.23. The number of nitrogens with two attached hydrogens (primary N) is 1. The Bertz CT molecular complexity index is 463. The fourth-order valence-electron chi connectivity index (χ4n) is 2.84. The molecule has 0 spiro atoms. The number of likely N-dealkylation sites (N-methyl/N-ethyl adjacent to an activating group) is 1. The number of aromatic nitrogens is 2. The summed E-state index contributed by atoms with van der Waals surface area (Å²) in [7, 11) is 0. The van der Waals surface area contributed by atoms with Gasteiger partial charge in [-0.2, -0.15) is 5.10 Å². The Morgan fingerprint density at radius 2 is 2.14 bits per heavy atom. The maximum Gasteiger partial charge on any atom is 0.0856 e. The smallest absolute Gasteiger partial charge is 0.0856 e. The summed E-state index contributed by atoms with van der Waals surface area (Å²) in [4.78, 5) is 2.38. The highest BCUT2D eigenvalue weighted by Crippen LogP contribution is 2.24. The number of hydrogen-bond acceptors (Lipinski definition) is 4. The van der Waals surface area contributed by atoms with Gasteiger partial charge >= 0.3 is 0 Å². The molecule has 2 unspecified atom stereocenters. The summed E-state index contributed by atoms with van der Waals surface area (Å²) >= 11 is 6.46. The van der Waals surface area contributed by atoms with E-state index in [1.54, 1.807) is 0 Å². The highest BCUT2D eigenvalue weighted by Gasteiger charge is 2.27. The number of halogens is 1. The second-order valence-electron chi connectivity index (χ2n) is 5.55. The lowest BCUT2D eigenvalue weighted by Gasteiger charge is -2.35. The highest BCUT2D eigenvalue weighted by atomic mass is 35.5. The molecule has 2 rings (SSSR count). The predicted octanol–water partition coefficient (Wildman–Crippen LogP) is 1.71. The van der Waals surface area contributed by atoms with Crippen LogP contribution < -0.4 is 5.73 Å². The number of rotatable bonds is 6. The quantitative estimate of drug-likeness (QED) is 0.868. The molecule has 6 heteroatoms. The summed E-state index contributed by atoms with van der Waals surface area (Å²) < 4.78 is 7.82. The van der Waals surface area contributed by atoms with Crippen LogP contribution in [0, 0.1) is 0 Å². The van der Waals surface area contributed by atoms with E-state index in [0.717, 1.165) is 55.6 Å². The lowest BCUT2D eigenvalue weighted by atomic mass is 10.0. The zero-order chi connectivity index (χ0) is 15.4. The van der Waals surface area contributed by atoms with E-state index >= 15 is 0 Å². The maximum atomic E-state index is 6.46. The van der Waals surface area contributed by atoms with Crippen molar-refractivity contribution in [2.24, 2.45) is 5.73 Å². The molecular weight excluding hydrogens is 288 g/mol. The van der Waals surface area contributed by atoms with Crippen molar-refractivity contribution in [2.75, 3.05) is 26.2 Å². The molecule has 2 heterocycles. The molecule has 1 aromatic rings. The van der Waals surface area contributed by atoms with E-state index in [-0.39, 0.29) is 12.1 Å². The van der Waals surface area contributed by atoms with Crippen LogP contribution in [0.1, 0.15) is 32.2 Å². The van der Waals surface area contributed by atoms with Gasteiger partial charge in [0.1, 0.15) is 0 Å². The third kappa shape index (κ3) is 3.77. The van der Waals surface area contributed by atoms with Crippen molar-refractivity contribution in [1.82, 2.24) is 14.7 Å². The lowest BCUT2D eigenvalue weighted by Crippen LogP contribution is -2.51. The zero-order valence-electron chi connectivity index (χ0n) is 13.3. The molecule has 2 N–H and O–H groups in total. The first kappa shape index (κ1) is 16.7. The predicted molar refractivity (Wildman–Crippen MR) is 85.8 cm³/mol. The first-order valence-electron chi connectivity index (χ1n) is 7.94. The number of morpholine rings is 1. The summed E-state index contributed by atoms with van der Waals surface area (Å²) in [5.74, 6) is 0. The van der Waals surface area contributed by atoms with Crippen LogP contribution in [-0.2, 0) is 24.1 Å². The number of aryl methyl sites for hydroxylation is 2. The van der Waals surface area contributed by atoms with Gasteiger partial charge in [-0.05, 0) is 19.9 Å². The van der Waals surface area contributed by atoms with Crippen molar-refractivity contribution in [2.45, 2.75) is 52.3 Å². The van der Waals surface area contributed by atoms with E-state index in [1.165, 1.54) is 0 Å². The van der Waals surface area contributed by atoms with Gasteiger partial charge in [-0.25, -0.2) is 0 Å². The summed E-state index contributed by atoms with van der Waals surface area (Å²) in [6, 6.07) is -0.0523. The molecule has 1 fully saturated rings. The molecular formula is C15H27ClN4O. The van der Waals surface area contributed by atoms with Crippen molar-refractivity contribution in [1.29, 1.82) is 0 Å². The Morgan fingerprint density at radius 1 is 1.38 bits per heavy atom. The first-order valence-corrected chi connectivity index (χ1v) is 8.32. The van der Waals surface area contributed by atoms with Crippen molar-refractivity contribution in [3.63, 3.8) is 0 Å². The monoisotopic (exact) mass is 314 g/mol. The fourth-order valence-corrected chi connectivity index (χ4v) is 3.19. The van der Waals surface area contributed by atoms with E-state index in [1.807, 2.05) is 4.68 Å². The Balaban J connectivity index is 2.08. The first-order chi connectivity index (χ1) is 10.1. The van der Waals surface area contributed by atoms with E-state index in [0.29, 0.717) is 6.42 Å². The van der Waals surface area contributed by atoms with Crippen LogP contribution in [0.4, 0.5) is 0 Å². The third-order valence-corrected chi connectivity index (χ3v) is 4.66. The van der Waals surface area contributed by atoms with Crippen LogP contribution in [0.2, 0.25) is 5.02 Å². The van der Waals surface area contributed by atoms with Gasteiger partial charge in [0.25, 0.3) is 0 Å². The highest BCUT2D eigenvalue weighted by molar-refractivity contribution is 6.31. The molecule has 1 aliphatic heterocycles. The average Bonchev–Trinajstić information content (AvgIpc) is 2.83. The molecule has 120 valence electrons. The molecule has 0 aliphatic carbocycles. The summed E-state index contributed by atoms with van der Waals surface area (Å²) in [6.07, 6.45) is 1.62. The molecule has 1 aliphatic rings. The number of hydrogen-bond donors (Lipinski definition) is 1. The number of ether oxygens (including phenoxy) is 1. The van der Waals surface area contributed by atoms with E-state index in [4.69, 9.17) is 22.1 Å². The van der Waals surface area contributed by atoms with Crippen LogP contribution in [0.5, 0.6) is 0 Å². The van der Waals surface area contributed by atoms with Crippen molar-refractivity contribution >= 4 is 11.6 Å². The molecule has 0 bridgehead atoms. The summed E-state index contributed by atoms with van der Waals surface area (Å²) in [5, 5.41) is 5.33. The summed E-state index contributed by atoms with van der Waals surface area (Å²) in [5.41, 5.74) is 8.39. The molecule has 1 aromatic heterocycles. The fraction of sp³-hybridized carbons (Fsp3) is 0.800. The number of nitrogens with zero attached hydrogens (tertiary/aromatic N) is 3. The van der Waals surface area contributed by atoms with Crippen molar-refractivity contribution < 1.29 is 4.74 Å². The van der Waals surface area contributed by atoms with Crippen LogP contribution >= 0.6 is 11.6 Å². The second kappa shape index (κ2) is 7.58. The molecule has 2 atom stereocenters. The van der Waals surface area contributed by atoms with Gasteiger partial charge in [0.05, 0.1) is 29.1 Å². The average molecular weight is 315 g/mol. The van der Waals surface area contributed by atoms with Gasteiger partial charge in [0.15, 0.2) is 0 Å². The van der Waals surface area contributed by atoms with Crippen LogP contribution in [0.15, 0.2) is 0 Å². The Hall–Kier alpha value is -0.620. The normalized spacial score (nSPS) is 21.7.